The summed E-state index contributed by atoms with van der Waals surface area (Å²) in [6.45, 7) is 0. The first-order valence-corrected chi connectivity index (χ1v) is 6.82. The van der Waals surface area contributed by atoms with Gasteiger partial charge in [-0.15, -0.1) is 22.7 Å². The van der Waals surface area contributed by atoms with E-state index in [0.29, 0.717) is 10.6 Å². The first-order valence-electron chi connectivity index (χ1n) is 5.19. The van der Waals surface area contributed by atoms with Gasteiger partial charge < -0.3 is 5.73 Å². The number of nitrogens with two attached hydrogens (primary N) is 1. The van der Waals surface area contributed by atoms with Crippen LogP contribution in [0.4, 0.5) is 5.69 Å². The minimum Gasteiger partial charge on any atom is -0.397 e. The number of fused-ring (bicyclic) bond motifs is 1. The lowest BCUT2D eigenvalue weighted by Gasteiger charge is -1.89. The number of hydrogen-bond acceptors (Lipinski definition) is 4. The smallest absolute Gasteiger partial charge is 0.128 e. The fourth-order valence-corrected chi connectivity index (χ4v) is 4.27. The molecule has 0 aromatic carbocycles. The van der Waals surface area contributed by atoms with Crippen molar-refractivity contribution in [3.63, 3.8) is 0 Å². The highest BCUT2D eigenvalue weighted by atomic mass is 32.1. The molecular formula is C12H10N2S2. The normalized spacial score (nSPS) is 13.7. The molecule has 0 spiro atoms. The van der Waals surface area contributed by atoms with E-state index in [0.717, 1.165) is 4.88 Å². The van der Waals surface area contributed by atoms with Gasteiger partial charge in [0, 0.05) is 14.6 Å². The van der Waals surface area contributed by atoms with Gasteiger partial charge in [0.15, 0.2) is 0 Å². The van der Waals surface area contributed by atoms with Crippen molar-refractivity contribution in [3.05, 3.63) is 27.5 Å². The Morgan fingerprint density at radius 2 is 2.00 bits per heavy atom. The molecule has 4 heteroatoms. The molecule has 16 heavy (non-hydrogen) atoms. The van der Waals surface area contributed by atoms with Crippen LogP contribution in [0.15, 0.2) is 12.1 Å². The zero-order valence-electron chi connectivity index (χ0n) is 8.62. The van der Waals surface area contributed by atoms with Crippen LogP contribution in [0.25, 0.3) is 9.75 Å². The van der Waals surface area contributed by atoms with Gasteiger partial charge in [-0.3, -0.25) is 0 Å². The van der Waals surface area contributed by atoms with Gasteiger partial charge in [0.2, 0.25) is 0 Å². The van der Waals surface area contributed by atoms with Crippen LogP contribution < -0.4 is 5.73 Å². The number of nitrogen functional groups attached to an aromatic ring is 1. The van der Waals surface area contributed by atoms with Crippen molar-refractivity contribution in [2.24, 2.45) is 0 Å². The Morgan fingerprint density at radius 3 is 2.69 bits per heavy atom. The summed E-state index contributed by atoms with van der Waals surface area (Å²) in [4.78, 5) is 4.54. The summed E-state index contributed by atoms with van der Waals surface area (Å²) in [6.07, 6.45) is 3.71. The second-order valence-electron chi connectivity index (χ2n) is 3.92. The first kappa shape index (κ1) is 9.88. The van der Waals surface area contributed by atoms with Gasteiger partial charge in [-0.1, -0.05) is 0 Å². The van der Waals surface area contributed by atoms with Crippen LogP contribution in [0.5, 0.6) is 0 Å². The summed E-state index contributed by atoms with van der Waals surface area (Å²) in [5.41, 5.74) is 7.87. The van der Waals surface area contributed by atoms with Crippen molar-refractivity contribution in [2.45, 2.75) is 19.3 Å². The number of rotatable bonds is 1. The van der Waals surface area contributed by atoms with Gasteiger partial charge in [0.05, 0.1) is 5.69 Å². The Bertz CT molecular complexity index is 565. The van der Waals surface area contributed by atoms with Crippen molar-refractivity contribution in [3.8, 4) is 15.8 Å². The largest absolute Gasteiger partial charge is 0.397 e. The minimum atomic E-state index is 0.607. The Balaban J connectivity index is 2.05. The molecule has 0 unspecified atom stereocenters. The van der Waals surface area contributed by atoms with E-state index in [1.54, 1.807) is 0 Å². The van der Waals surface area contributed by atoms with Crippen molar-refractivity contribution in [2.75, 3.05) is 5.73 Å². The maximum absolute atomic E-state index is 8.88. The van der Waals surface area contributed by atoms with Crippen LogP contribution >= 0.6 is 22.7 Å². The number of anilines is 1. The third kappa shape index (κ3) is 1.44. The molecule has 1 aliphatic rings. The second kappa shape index (κ2) is 3.62. The number of nitrogens with zero attached hydrogens (tertiary/aromatic N) is 1. The van der Waals surface area contributed by atoms with Gasteiger partial charge >= 0.3 is 0 Å². The monoisotopic (exact) mass is 246 g/mol. The molecule has 0 saturated heterocycles. The molecule has 0 atom stereocenters. The molecule has 2 aromatic heterocycles. The highest BCUT2D eigenvalue weighted by Crippen LogP contribution is 2.40. The Kier molecular flexibility index (Phi) is 2.23. The van der Waals surface area contributed by atoms with Gasteiger partial charge in [-0.2, -0.15) is 5.26 Å². The van der Waals surface area contributed by atoms with Gasteiger partial charge in [-0.05, 0) is 37.0 Å². The Labute approximate surface area is 102 Å². The molecule has 2 N–H and O–H groups in total. The molecule has 0 amide bonds. The van der Waals surface area contributed by atoms with E-state index in [1.807, 2.05) is 17.4 Å². The molecule has 0 saturated carbocycles. The van der Waals surface area contributed by atoms with Crippen LogP contribution in [0.2, 0.25) is 0 Å². The lowest BCUT2D eigenvalue weighted by Crippen LogP contribution is -1.81. The van der Waals surface area contributed by atoms with Gasteiger partial charge in [0.25, 0.3) is 0 Å². The fourth-order valence-electron chi connectivity index (χ4n) is 2.06. The lowest BCUT2D eigenvalue weighted by atomic mass is 10.2. The minimum absolute atomic E-state index is 0.607. The van der Waals surface area contributed by atoms with Gasteiger partial charge in [-0.25, -0.2) is 0 Å². The van der Waals surface area contributed by atoms with Crippen LogP contribution in [0.1, 0.15) is 21.7 Å². The Morgan fingerprint density at radius 1 is 1.19 bits per heavy atom. The average molecular weight is 246 g/mol. The quantitative estimate of drug-likeness (QED) is 0.838. The van der Waals surface area contributed by atoms with Crippen molar-refractivity contribution in [1.29, 1.82) is 5.26 Å². The van der Waals surface area contributed by atoms with E-state index in [4.69, 9.17) is 11.0 Å². The number of nitriles is 1. The van der Waals surface area contributed by atoms with Crippen LogP contribution in [0.3, 0.4) is 0 Å². The molecule has 1 aliphatic carbocycles. The first-order chi connectivity index (χ1) is 7.78. The van der Waals surface area contributed by atoms with E-state index >= 15 is 0 Å². The third-order valence-corrected chi connectivity index (χ3v) is 5.34. The molecule has 0 aliphatic heterocycles. The fraction of sp³-hybridized carbons (Fsp3) is 0.250. The molecule has 2 aromatic rings. The lowest BCUT2D eigenvalue weighted by molar-refractivity contribution is 0.915. The second-order valence-corrected chi connectivity index (χ2v) is 6.11. The van der Waals surface area contributed by atoms with E-state index in [2.05, 4.69) is 12.1 Å². The summed E-state index contributed by atoms with van der Waals surface area (Å²) in [7, 11) is 0. The summed E-state index contributed by atoms with van der Waals surface area (Å²) in [5, 5.41) is 8.88. The Hall–Kier alpha value is -1.31. The standard InChI is InChI=1S/C12H10N2S2/c13-6-12-8(14)5-11(16-12)10-4-7-2-1-3-9(7)15-10/h4-5H,1-3,14H2. The zero-order valence-corrected chi connectivity index (χ0v) is 10.3. The summed E-state index contributed by atoms with van der Waals surface area (Å²) in [5.74, 6) is 0. The SMILES string of the molecule is N#Cc1sc(-c2cc3c(s2)CCC3)cc1N. The number of aryl methyl sites for hydroxylation is 2. The number of hydrogen-bond donors (Lipinski definition) is 1. The summed E-state index contributed by atoms with van der Waals surface area (Å²) >= 11 is 3.35. The average Bonchev–Trinajstić information content (AvgIpc) is 2.88. The zero-order chi connectivity index (χ0) is 11.1. The highest BCUT2D eigenvalue weighted by Gasteiger charge is 2.17. The summed E-state index contributed by atoms with van der Waals surface area (Å²) < 4.78 is 0. The van der Waals surface area contributed by atoms with Crippen LogP contribution in [-0.2, 0) is 12.8 Å². The van der Waals surface area contributed by atoms with E-state index < -0.39 is 0 Å². The van der Waals surface area contributed by atoms with Crippen molar-refractivity contribution >= 4 is 28.4 Å². The predicted octanol–water partition coefficient (Wildman–Crippen LogP) is 3.42. The predicted molar refractivity (Wildman–Crippen MR) is 68.8 cm³/mol. The molecule has 0 radical (unpaired) electrons. The van der Waals surface area contributed by atoms with Crippen molar-refractivity contribution in [1.82, 2.24) is 0 Å². The molecule has 80 valence electrons. The van der Waals surface area contributed by atoms with Crippen LogP contribution in [0, 0.1) is 11.3 Å². The molecule has 2 nitrogen and oxygen atoms in total. The molecule has 3 rings (SSSR count). The highest BCUT2D eigenvalue weighted by molar-refractivity contribution is 7.22. The molecule has 0 fully saturated rings. The maximum atomic E-state index is 8.88. The molecule has 0 bridgehead atoms. The summed E-state index contributed by atoms with van der Waals surface area (Å²) in [6, 6.07) is 6.32. The maximum Gasteiger partial charge on any atom is 0.128 e. The van der Waals surface area contributed by atoms with Crippen LogP contribution in [-0.4, -0.2) is 0 Å². The topological polar surface area (TPSA) is 49.8 Å². The van der Waals surface area contributed by atoms with Crippen molar-refractivity contribution < 1.29 is 0 Å². The van der Waals surface area contributed by atoms with Gasteiger partial charge in [0.1, 0.15) is 10.9 Å². The molecule has 2 heterocycles. The van der Waals surface area contributed by atoms with E-state index in [1.165, 1.54) is 45.9 Å². The molecular weight excluding hydrogens is 236 g/mol. The third-order valence-electron chi connectivity index (χ3n) is 2.85. The number of thiophene rings is 2. The van der Waals surface area contributed by atoms with E-state index in [-0.39, 0.29) is 0 Å². The van der Waals surface area contributed by atoms with E-state index in [9.17, 15) is 0 Å².